The second-order valence-corrected chi connectivity index (χ2v) is 9.72. The minimum Gasteiger partial charge on any atom is -0.504 e. The van der Waals surface area contributed by atoms with Gasteiger partial charge in [-0.25, -0.2) is 4.79 Å². The molecule has 31 heavy (non-hydrogen) atoms. The number of esters is 1. The number of benzene rings is 1. The summed E-state index contributed by atoms with van der Waals surface area (Å²) in [5.74, 6) is -2.00. The van der Waals surface area contributed by atoms with Crippen molar-refractivity contribution in [2.75, 3.05) is 13.6 Å². The molecule has 5 aliphatic rings. The van der Waals surface area contributed by atoms with Crippen LogP contribution in [0, 0.1) is 5.41 Å². The van der Waals surface area contributed by atoms with E-state index in [-0.39, 0.29) is 29.4 Å². The van der Waals surface area contributed by atoms with Crippen LogP contribution in [-0.4, -0.2) is 74.7 Å². The van der Waals surface area contributed by atoms with Crippen LogP contribution in [0.25, 0.3) is 0 Å². The van der Waals surface area contributed by atoms with Crippen molar-refractivity contribution in [1.82, 2.24) is 4.90 Å². The van der Waals surface area contributed by atoms with Crippen molar-refractivity contribution in [3.8, 4) is 11.5 Å². The molecule has 1 saturated carbocycles. The van der Waals surface area contributed by atoms with E-state index in [2.05, 4.69) is 4.90 Å². The highest BCUT2D eigenvalue weighted by Gasteiger charge is 2.82. The van der Waals surface area contributed by atoms with Crippen LogP contribution < -0.4 is 4.74 Å². The maximum absolute atomic E-state index is 12.4. The molecule has 3 aliphatic carbocycles. The summed E-state index contributed by atoms with van der Waals surface area (Å²) in [4.78, 5) is 25.4. The number of rotatable bonds is 4. The fraction of sp³-hybridized carbons (Fsp3) is 0.545. The number of phenols is 1. The molecular formula is C22H23NO8. The van der Waals surface area contributed by atoms with Gasteiger partial charge in [-0.15, -0.1) is 0 Å². The lowest BCUT2D eigenvalue weighted by molar-refractivity contribution is -0.160. The largest absolute Gasteiger partial charge is 0.504 e. The highest BCUT2D eigenvalue weighted by molar-refractivity contribution is 5.81. The first-order chi connectivity index (χ1) is 14.6. The van der Waals surface area contributed by atoms with Crippen molar-refractivity contribution in [2.45, 2.75) is 54.9 Å². The summed E-state index contributed by atoms with van der Waals surface area (Å²) in [7, 11) is 1.99. The van der Waals surface area contributed by atoms with E-state index in [4.69, 9.17) is 14.6 Å². The first kappa shape index (κ1) is 19.1. The highest BCUT2D eigenvalue weighted by atomic mass is 16.6. The van der Waals surface area contributed by atoms with Gasteiger partial charge in [-0.3, -0.25) is 9.69 Å². The third-order valence-corrected chi connectivity index (χ3v) is 8.07. The quantitative estimate of drug-likeness (QED) is 0.489. The Morgan fingerprint density at radius 3 is 2.87 bits per heavy atom. The SMILES string of the molecule is CN1CC23Cc4ccc(O)c5c4C4(C2)C(O5)C(OC(=O)[C@@H](O)CC(=O)O)=CC[C@@]4(O)[C@H]13. The van der Waals surface area contributed by atoms with E-state index in [1.165, 1.54) is 0 Å². The summed E-state index contributed by atoms with van der Waals surface area (Å²) in [5, 5.41) is 41.4. The number of aliphatic hydroxyl groups is 2. The molecule has 9 heteroatoms. The van der Waals surface area contributed by atoms with Gasteiger partial charge in [0.05, 0.1) is 17.4 Å². The van der Waals surface area contributed by atoms with Crippen molar-refractivity contribution in [1.29, 1.82) is 0 Å². The first-order valence-corrected chi connectivity index (χ1v) is 10.4. The number of nitrogens with zero attached hydrogens (tertiary/aromatic N) is 1. The lowest BCUT2D eigenvalue weighted by atomic mass is 9.59. The number of ether oxygens (including phenoxy) is 2. The Balaban J connectivity index is 1.47. The van der Waals surface area contributed by atoms with Crippen LogP contribution in [0.15, 0.2) is 24.0 Å². The number of fused-ring (bicyclic) bond motifs is 1. The topological polar surface area (TPSA) is 137 Å². The zero-order valence-corrected chi connectivity index (χ0v) is 16.9. The van der Waals surface area contributed by atoms with Gasteiger partial charge >= 0.3 is 11.9 Å². The maximum Gasteiger partial charge on any atom is 0.340 e. The summed E-state index contributed by atoms with van der Waals surface area (Å²) in [6.07, 6.45) is -0.212. The molecule has 9 nitrogen and oxygen atoms in total. The van der Waals surface area contributed by atoms with Crippen LogP contribution in [-0.2, 0) is 26.2 Å². The Bertz CT molecular complexity index is 1080. The Hall–Kier alpha value is -2.62. The van der Waals surface area contributed by atoms with Gasteiger partial charge in [0.25, 0.3) is 0 Å². The molecule has 2 heterocycles. The summed E-state index contributed by atoms with van der Waals surface area (Å²) >= 11 is 0. The van der Waals surface area contributed by atoms with Gasteiger partial charge in [-0.1, -0.05) is 6.07 Å². The number of carboxylic acid groups (broad SMARTS) is 1. The lowest BCUT2D eigenvalue weighted by Crippen LogP contribution is -2.70. The van der Waals surface area contributed by atoms with Crippen LogP contribution in [0.3, 0.4) is 0 Å². The predicted molar refractivity (Wildman–Crippen MR) is 103 cm³/mol. The average Bonchev–Trinajstić information content (AvgIpc) is 3.10. The standard InChI is InChI=1S/C22H23NO8/c1-23-9-20-7-10-2-3-11(24)16-15(10)21(8-20)17(31-16)13(4-5-22(21,29)19(20)23)30-18(28)12(25)6-14(26)27/h2-4,12,17,19,24-25,29H,5-9H2,1H3,(H,26,27)/t12-,17?,19+,20?,21?,22+/m0/s1. The van der Waals surface area contributed by atoms with Gasteiger partial charge in [0.1, 0.15) is 5.76 Å². The number of carbonyl (C=O) groups is 2. The number of aliphatic carboxylic acids is 1. The molecule has 1 aromatic carbocycles. The second kappa shape index (κ2) is 5.59. The molecule has 2 aliphatic heterocycles. The van der Waals surface area contributed by atoms with Gasteiger partial charge in [0.2, 0.25) is 0 Å². The zero-order chi connectivity index (χ0) is 21.9. The van der Waals surface area contributed by atoms with Crippen LogP contribution in [0.1, 0.15) is 30.4 Å². The van der Waals surface area contributed by atoms with Gasteiger partial charge in [-0.2, -0.15) is 0 Å². The molecule has 6 rings (SSSR count). The molecule has 3 unspecified atom stereocenters. The predicted octanol–water partition coefficient (Wildman–Crippen LogP) is 0.0487. The van der Waals surface area contributed by atoms with Crippen molar-refractivity contribution < 1.29 is 39.5 Å². The summed E-state index contributed by atoms with van der Waals surface area (Å²) in [5.41, 5.74) is -0.404. The number of carbonyl (C=O) groups excluding carboxylic acids is 1. The third kappa shape index (κ3) is 2.02. The fourth-order valence-corrected chi connectivity index (χ4v) is 7.43. The minimum absolute atomic E-state index is 0.0370. The number of likely N-dealkylation sites (N-methyl/N-ethyl adjacent to an activating group) is 1. The van der Waals surface area contributed by atoms with Crippen LogP contribution in [0.4, 0.5) is 0 Å². The number of likely N-dealkylation sites (tertiary alicyclic amines) is 1. The van der Waals surface area contributed by atoms with Crippen LogP contribution in [0.2, 0.25) is 0 Å². The van der Waals surface area contributed by atoms with Crippen molar-refractivity contribution in [3.05, 3.63) is 35.1 Å². The highest BCUT2D eigenvalue weighted by Crippen LogP contribution is 2.75. The molecule has 0 amide bonds. The van der Waals surface area contributed by atoms with E-state index in [9.17, 15) is 24.9 Å². The molecule has 2 spiro atoms. The van der Waals surface area contributed by atoms with Crippen molar-refractivity contribution in [3.63, 3.8) is 0 Å². The van der Waals surface area contributed by atoms with Crippen LogP contribution in [0.5, 0.6) is 11.5 Å². The number of hydrogen-bond donors (Lipinski definition) is 4. The Kier molecular flexibility index (Phi) is 3.44. The average molecular weight is 429 g/mol. The Morgan fingerprint density at radius 2 is 2.16 bits per heavy atom. The summed E-state index contributed by atoms with van der Waals surface area (Å²) in [6.45, 7) is 0.830. The molecule has 1 aromatic rings. The second-order valence-electron chi connectivity index (χ2n) is 9.72. The number of hydrogen-bond acceptors (Lipinski definition) is 8. The maximum atomic E-state index is 12.4. The number of aromatic hydroxyl groups is 1. The monoisotopic (exact) mass is 429 g/mol. The van der Waals surface area contributed by atoms with Crippen molar-refractivity contribution in [2.24, 2.45) is 5.41 Å². The van der Waals surface area contributed by atoms with E-state index in [0.29, 0.717) is 12.2 Å². The number of phenolic OH excluding ortho intramolecular Hbond substituents is 1. The molecule has 0 aromatic heterocycles. The lowest BCUT2D eigenvalue weighted by Gasteiger charge is -2.56. The van der Waals surface area contributed by atoms with Gasteiger partial charge in [-0.05, 0) is 37.6 Å². The zero-order valence-electron chi connectivity index (χ0n) is 16.9. The summed E-state index contributed by atoms with van der Waals surface area (Å²) in [6, 6.07) is 3.37. The number of aliphatic hydroxyl groups excluding tert-OH is 1. The molecule has 2 bridgehead atoms. The Morgan fingerprint density at radius 1 is 1.39 bits per heavy atom. The van der Waals surface area contributed by atoms with Crippen LogP contribution >= 0.6 is 0 Å². The van der Waals surface area contributed by atoms with E-state index < -0.39 is 41.6 Å². The molecule has 164 valence electrons. The molecule has 6 atom stereocenters. The Labute approximate surface area is 177 Å². The van der Waals surface area contributed by atoms with E-state index >= 15 is 0 Å². The molecule has 2 fully saturated rings. The first-order valence-electron chi connectivity index (χ1n) is 10.4. The van der Waals surface area contributed by atoms with Crippen molar-refractivity contribution >= 4 is 11.9 Å². The normalized spacial score (nSPS) is 39.5. The summed E-state index contributed by atoms with van der Waals surface area (Å²) < 4.78 is 11.6. The van der Waals surface area contributed by atoms with E-state index in [0.717, 1.165) is 24.1 Å². The third-order valence-electron chi connectivity index (χ3n) is 8.07. The molecule has 4 N–H and O–H groups in total. The molecule has 0 radical (unpaired) electrons. The number of carboxylic acids is 1. The van der Waals surface area contributed by atoms with Gasteiger partial charge in [0.15, 0.2) is 23.7 Å². The minimum atomic E-state index is -1.81. The van der Waals surface area contributed by atoms with Gasteiger partial charge < -0.3 is 29.9 Å². The molecular weight excluding hydrogens is 406 g/mol. The fourth-order valence-electron chi connectivity index (χ4n) is 7.43. The smallest absolute Gasteiger partial charge is 0.340 e. The molecule has 1 saturated heterocycles. The van der Waals surface area contributed by atoms with E-state index in [1.54, 1.807) is 12.1 Å². The van der Waals surface area contributed by atoms with E-state index in [1.807, 2.05) is 13.1 Å². The van der Waals surface area contributed by atoms with Gasteiger partial charge in [0, 0.05) is 30.0 Å².